The third-order valence-corrected chi connectivity index (χ3v) is 7.53. The van der Waals surface area contributed by atoms with Crippen LogP contribution in [0, 0.1) is 5.92 Å². The van der Waals surface area contributed by atoms with Crippen LogP contribution in [-0.2, 0) is 14.6 Å². The van der Waals surface area contributed by atoms with Crippen molar-refractivity contribution < 1.29 is 13.2 Å². The summed E-state index contributed by atoms with van der Waals surface area (Å²) < 4.78 is 23.2. The Kier molecular flexibility index (Phi) is 4.99. The Bertz CT molecular complexity index is 539. The van der Waals surface area contributed by atoms with Gasteiger partial charge < -0.3 is 4.90 Å². The summed E-state index contributed by atoms with van der Waals surface area (Å²) in [5.74, 6) is 1.59. The van der Waals surface area contributed by atoms with E-state index >= 15 is 0 Å². The van der Waals surface area contributed by atoms with Crippen molar-refractivity contribution in [3.63, 3.8) is 0 Å². The molecule has 0 aromatic rings. The second-order valence-corrected chi connectivity index (χ2v) is 9.70. The van der Waals surface area contributed by atoms with Crippen molar-refractivity contribution >= 4 is 15.7 Å². The van der Waals surface area contributed by atoms with Gasteiger partial charge in [-0.2, -0.15) is 0 Å². The Hall–Kier alpha value is -0.660. The number of hydrogen-bond acceptors (Lipinski definition) is 5. The topological polar surface area (TPSA) is 60.9 Å². The molecule has 3 rings (SSSR count). The number of likely N-dealkylation sites (N-methyl/N-ethyl adjacent to an activating group) is 1. The second-order valence-electron chi connectivity index (χ2n) is 7.47. The third kappa shape index (κ3) is 4.25. The molecule has 0 aromatic carbocycles. The Morgan fingerprint density at radius 3 is 2.35 bits per heavy atom. The summed E-state index contributed by atoms with van der Waals surface area (Å²) in [6.07, 6.45) is 3.34. The molecular weight excluding hydrogens is 314 g/mol. The minimum Gasteiger partial charge on any atom is -0.339 e. The first-order valence-electron chi connectivity index (χ1n) is 8.78. The summed E-state index contributed by atoms with van der Waals surface area (Å²) >= 11 is 0. The SMILES string of the molecule is CC(C1CC1)N(C)CC(=O)N1CCN(C2CCS(=O)(=O)C2)CC1. The molecule has 2 atom stereocenters. The highest BCUT2D eigenvalue weighted by atomic mass is 32.2. The summed E-state index contributed by atoms with van der Waals surface area (Å²) in [7, 11) is -0.789. The van der Waals surface area contributed by atoms with E-state index in [9.17, 15) is 13.2 Å². The molecule has 0 N–H and O–H groups in total. The number of sulfone groups is 1. The first-order chi connectivity index (χ1) is 10.9. The maximum Gasteiger partial charge on any atom is 0.236 e. The van der Waals surface area contributed by atoms with Gasteiger partial charge in [0.25, 0.3) is 0 Å². The minimum atomic E-state index is -2.83. The van der Waals surface area contributed by atoms with Crippen molar-refractivity contribution in [3.8, 4) is 0 Å². The van der Waals surface area contributed by atoms with Crippen LogP contribution in [0.2, 0.25) is 0 Å². The van der Waals surface area contributed by atoms with Gasteiger partial charge in [-0.3, -0.25) is 14.6 Å². The van der Waals surface area contributed by atoms with E-state index in [4.69, 9.17) is 0 Å². The average molecular weight is 343 g/mol. The summed E-state index contributed by atoms with van der Waals surface area (Å²) in [6, 6.07) is 0.652. The molecule has 1 amide bonds. The molecule has 132 valence electrons. The molecule has 3 aliphatic rings. The molecule has 0 bridgehead atoms. The van der Waals surface area contributed by atoms with Crippen molar-refractivity contribution in [2.24, 2.45) is 5.92 Å². The molecule has 6 nitrogen and oxygen atoms in total. The molecule has 2 heterocycles. The zero-order chi connectivity index (χ0) is 16.6. The normalized spacial score (nSPS) is 29.9. The number of piperazine rings is 1. The van der Waals surface area contributed by atoms with Crippen molar-refractivity contribution in [2.45, 2.75) is 38.3 Å². The zero-order valence-electron chi connectivity index (χ0n) is 14.3. The van der Waals surface area contributed by atoms with E-state index in [1.54, 1.807) is 0 Å². The first kappa shape index (κ1) is 17.2. The standard InChI is InChI=1S/C16H29N3O3S/c1-13(14-3-4-14)17(2)11-16(20)19-8-6-18(7-9-19)15-5-10-23(21,22)12-15/h13-15H,3-12H2,1-2H3. The van der Waals surface area contributed by atoms with Crippen LogP contribution in [0.25, 0.3) is 0 Å². The number of carbonyl (C=O) groups is 1. The highest BCUT2D eigenvalue weighted by Gasteiger charge is 2.35. The van der Waals surface area contributed by atoms with Crippen LogP contribution < -0.4 is 0 Å². The minimum absolute atomic E-state index is 0.162. The lowest BCUT2D eigenvalue weighted by Gasteiger charge is -2.38. The molecule has 7 heteroatoms. The van der Waals surface area contributed by atoms with Crippen LogP contribution in [0.4, 0.5) is 0 Å². The molecule has 0 aromatic heterocycles. The van der Waals surface area contributed by atoms with E-state index < -0.39 is 9.84 Å². The van der Waals surface area contributed by atoms with Gasteiger partial charge in [0, 0.05) is 38.3 Å². The lowest BCUT2D eigenvalue weighted by Crippen LogP contribution is -2.54. The zero-order valence-corrected chi connectivity index (χ0v) is 15.1. The van der Waals surface area contributed by atoms with Crippen LogP contribution in [-0.4, -0.2) is 92.4 Å². The highest BCUT2D eigenvalue weighted by molar-refractivity contribution is 7.91. The summed E-state index contributed by atoms with van der Waals surface area (Å²) in [5.41, 5.74) is 0. The monoisotopic (exact) mass is 343 g/mol. The largest absolute Gasteiger partial charge is 0.339 e. The maximum atomic E-state index is 12.5. The van der Waals surface area contributed by atoms with Crippen LogP contribution in [0.3, 0.4) is 0 Å². The fourth-order valence-electron chi connectivity index (χ4n) is 3.80. The Balaban J connectivity index is 1.44. The lowest BCUT2D eigenvalue weighted by molar-refractivity contribution is -0.134. The summed E-state index contributed by atoms with van der Waals surface area (Å²) in [6.45, 7) is 5.75. The van der Waals surface area contributed by atoms with Gasteiger partial charge >= 0.3 is 0 Å². The van der Waals surface area contributed by atoms with Crippen molar-refractivity contribution in [1.82, 2.24) is 14.7 Å². The second kappa shape index (κ2) is 6.69. The Labute approximate surface area is 139 Å². The molecule has 1 aliphatic carbocycles. The molecule has 1 saturated carbocycles. The fraction of sp³-hybridized carbons (Fsp3) is 0.938. The van der Waals surface area contributed by atoms with Crippen molar-refractivity contribution in [3.05, 3.63) is 0 Å². The van der Waals surface area contributed by atoms with E-state index in [0.717, 1.165) is 38.5 Å². The van der Waals surface area contributed by atoms with Gasteiger partial charge in [0.1, 0.15) is 0 Å². The molecular formula is C16H29N3O3S. The van der Waals surface area contributed by atoms with Crippen LogP contribution in [0.5, 0.6) is 0 Å². The van der Waals surface area contributed by atoms with E-state index in [-0.39, 0.29) is 11.9 Å². The number of carbonyl (C=O) groups excluding carboxylic acids is 1. The first-order valence-corrected chi connectivity index (χ1v) is 10.6. The number of hydrogen-bond donors (Lipinski definition) is 0. The van der Waals surface area contributed by atoms with E-state index in [1.807, 2.05) is 11.9 Å². The molecule has 2 unspecified atom stereocenters. The van der Waals surface area contributed by atoms with E-state index in [0.29, 0.717) is 24.1 Å². The lowest BCUT2D eigenvalue weighted by atomic mass is 10.1. The molecule has 0 spiro atoms. The van der Waals surface area contributed by atoms with Gasteiger partial charge in [0.2, 0.25) is 5.91 Å². The smallest absolute Gasteiger partial charge is 0.236 e. The van der Waals surface area contributed by atoms with Crippen LogP contribution >= 0.6 is 0 Å². The van der Waals surface area contributed by atoms with Crippen LogP contribution in [0.1, 0.15) is 26.2 Å². The van der Waals surface area contributed by atoms with Gasteiger partial charge in [-0.1, -0.05) is 0 Å². The fourth-order valence-corrected chi connectivity index (χ4v) is 5.56. The number of amides is 1. The van der Waals surface area contributed by atoms with Gasteiger partial charge in [0.05, 0.1) is 18.1 Å². The molecule has 23 heavy (non-hydrogen) atoms. The summed E-state index contributed by atoms with van der Waals surface area (Å²) in [4.78, 5) is 18.8. The molecule has 3 fully saturated rings. The van der Waals surface area contributed by atoms with Gasteiger partial charge in [-0.15, -0.1) is 0 Å². The molecule has 2 aliphatic heterocycles. The summed E-state index contributed by atoms with van der Waals surface area (Å²) in [5, 5.41) is 0. The van der Waals surface area contributed by atoms with Crippen molar-refractivity contribution in [1.29, 1.82) is 0 Å². The van der Waals surface area contributed by atoms with Gasteiger partial charge in [0.15, 0.2) is 9.84 Å². The predicted octanol–water partition coefficient (Wildman–Crippen LogP) is 0.0480. The molecule has 2 saturated heterocycles. The third-order valence-electron chi connectivity index (χ3n) is 5.78. The average Bonchev–Trinajstić information content (AvgIpc) is 3.30. The number of nitrogens with zero attached hydrogens (tertiary/aromatic N) is 3. The van der Waals surface area contributed by atoms with Crippen LogP contribution in [0.15, 0.2) is 0 Å². The van der Waals surface area contributed by atoms with E-state index in [1.165, 1.54) is 12.8 Å². The van der Waals surface area contributed by atoms with Gasteiger partial charge in [-0.05, 0) is 39.2 Å². The number of rotatable bonds is 5. The maximum absolute atomic E-state index is 12.5. The Morgan fingerprint density at radius 2 is 1.83 bits per heavy atom. The molecule has 0 radical (unpaired) electrons. The quantitative estimate of drug-likeness (QED) is 0.706. The highest BCUT2D eigenvalue weighted by Crippen LogP contribution is 2.34. The predicted molar refractivity (Wildman–Crippen MR) is 90.0 cm³/mol. The van der Waals surface area contributed by atoms with E-state index in [2.05, 4.69) is 16.7 Å². The van der Waals surface area contributed by atoms with Gasteiger partial charge in [-0.25, -0.2) is 8.42 Å². The van der Waals surface area contributed by atoms with Crippen molar-refractivity contribution in [2.75, 3.05) is 51.3 Å². The Morgan fingerprint density at radius 1 is 1.17 bits per heavy atom.